The van der Waals surface area contributed by atoms with Crippen LogP contribution < -0.4 is 10.7 Å². The number of nitrogens with zero attached hydrogens (tertiary/aromatic N) is 1. The molecule has 22 heavy (non-hydrogen) atoms. The van der Waals surface area contributed by atoms with Gasteiger partial charge < -0.3 is 5.32 Å². The maximum absolute atomic E-state index is 11.7. The molecule has 0 heterocycles. The van der Waals surface area contributed by atoms with Gasteiger partial charge in [0.25, 0.3) is 11.8 Å². The summed E-state index contributed by atoms with van der Waals surface area (Å²) in [7, 11) is 0. The fraction of sp³-hybridized carbons (Fsp3) is 0.118. The fourth-order valence-corrected chi connectivity index (χ4v) is 1.77. The molecular weight excluding hydrogens is 278 g/mol. The molecule has 2 aromatic carbocycles. The topological polar surface area (TPSA) is 70.6 Å². The molecule has 0 aromatic heterocycles. The van der Waals surface area contributed by atoms with Gasteiger partial charge in [0.1, 0.15) is 0 Å². The zero-order valence-electron chi connectivity index (χ0n) is 12.0. The third-order valence-electron chi connectivity index (χ3n) is 2.90. The third kappa shape index (κ3) is 5.20. The lowest BCUT2D eigenvalue weighted by molar-refractivity contribution is -0.120. The number of benzene rings is 2. The van der Waals surface area contributed by atoms with Crippen molar-refractivity contribution in [3.8, 4) is 0 Å². The number of carbonyl (C=O) groups is 2. The van der Waals surface area contributed by atoms with Gasteiger partial charge in [0.15, 0.2) is 0 Å². The average molecular weight is 295 g/mol. The second-order valence-electron chi connectivity index (χ2n) is 4.59. The summed E-state index contributed by atoms with van der Waals surface area (Å²) in [6.07, 6.45) is 2.25. The summed E-state index contributed by atoms with van der Waals surface area (Å²) < 4.78 is 0. The van der Waals surface area contributed by atoms with E-state index >= 15 is 0 Å². The van der Waals surface area contributed by atoms with Gasteiger partial charge in [0.2, 0.25) is 0 Å². The molecular formula is C17H17N3O2. The van der Waals surface area contributed by atoms with E-state index in [1.807, 2.05) is 36.4 Å². The van der Waals surface area contributed by atoms with Gasteiger partial charge >= 0.3 is 0 Å². The molecule has 0 radical (unpaired) electrons. The van der Waals surface area contributed by atoms with Crippen LogP contribution in [-0.4, -0.2) is 24.6 Å². The first-order valence-corrected chi connectivity index (χ1v) is 6.93. The zero-order chi connectivity index (χ0) is 15.6. The minimum Gasteiger partial charge on any atom is -0.343 e. The Morgan fingerprint density at radius 2 is 1.59 bits per heavy atom. The van der Waals surface area contributed by atoms with Gasteiger partial charge in [0.05, 0.1) is 6.54 Å². The molecule has 2 aromatic rings. The van der Waals surface area contributed by atoms with Gasteiger partial charge in [-0.2, -0.15) is 5.10 Å². The van der Waals surface area contributed by atoms with Crippen molar-refractivity contribution in [2.45, 2.75) is 6.42 Å². The molecule has 0 bridgehead atoms. The number of hydrogen-bond acceptors (Lipinski definition) is 3. The lowest BCUT2D eigenvalue weighted by Gasteiger charge is -2.03. The molecule has 0 saturated heterocycles. The number of carbonyl (C=O) groups excluding carboxylic acids is 2. The average Bonchev–Trinajstić information content (AvgIpc) is 2.58. The van der Waals surface area contributed by atoms with E-state index in [4.69, 9.17) is 0 Å². The van der Waals surface area contributed by atoms with Crippen LogP contribution in [0.15, 0.2) is 65.8 Å². The van der Waals surface area contributed by atoms with Crippen molar-refractivity contribution < 1.29 is 9.59 Å². The standard InChI is InChI=1S/C17H17N3O2/c21-16(13-18-17(22)15-9-5-2-6-10-15)20-19-12-11-14-7-3-1-4-8-14/h1-10,12H,11,13H2,(H,18,22)(H,20,21)/b19-12+. The van der Waals surface area contributed by atoms with E-state index in [2.05, 4.69) is 15.8 Å². The monoisotopic (exact) mass is 295 g/mol. The number of amides is 2. The van der Waals surface area contributed by atoms with Crippen molar-refractivity contribution in [2.24, 2.45) is 5.10 Å². The minimum atomic E-state index is -0.367. The molecule has 0 spiro atoms. The highest BCUT2D eigenvalue weighted by Crippen LogP contribution is 1.98. The van der Waals surface area contributed by atoms with Crippen molar-refractivity contribution >= 4 is 18.0 Å². The predicted molar refractivity (Wildman–Crippen MR) is 85.6 cm³/mol. The molecule has 5 heteroatoms. The van der Waals surface area contributed by atoms with Crippen molar-refractivity contribution in [2.75, 3.05) is 6.54 Å². The van der Waals surface area contributed by atoms with Crippen molar-refractivity contribution in [3.63, 3.8) is 0 Å². The van der Waals surface area contributed by atoms with Crippen molar-refractivity contribution in [1.82, 2.24) is 10.7 Å². The van der Waals surface area contributed by atoms with E-state index in [1.165, 1.54) is 0 Å². The summed E-state index contributed by atoms with van der Waals surface area (Å²) in [6.45, 7) is -0.115. The van der Waals surface area contributed by atoms with Crippen LogP contribution in [0.2, 0.25) is 0 Å². The van der Waals surface area contributed by atoms with Crippen LogP contribution in [0, 0.1) is 0 Å². The van der Waals surface area contributed by atoms with E-state index < -0.39 is 0 Å². The Bertz CT molecular complexity index is 639. The lowest BCUT2D eigenvalue weighted by atomic mass is 10.2. The predicted octanol–water partition coefficient (Wildman–Crippen LogP) is 1.76. The first kappa shape index (κ1) is 15.4. The van der Waals surface area contributed by atoms with Crippen LogP contribution in [0.1, 0.15) is 15.9 Å². The van der Waals surface area contributed by atoms with Gasteiger partial charge in [0, 0.05) is 18.2 Å². The van der Waals surface area contributed by atoms with Crippen LogP contribution in [0.3, 0.4) is 0 Å². The summed E-state index contributed by atoms with van der Waals surface area (Å²) in [5.74, 6) is -0.655. The highest BCUT2D eigenvalue weighted by Gasteiger charge is 2.06. The number of hydrogen-bond donors (Lipinski definition) is 2. The first-order valence-electron chi connectivity index (χ1n) is 6.93. The Balaban J connectivity index is 1.69. The molecule has 2 rings (SSSR count). The first-order chi connectivity index (χ1) is 10.8. The molecule has 0 atom stereocenters. The van der Waals surface area contributed by atoms with Gasteiger partial charge in [-0.3, -0.25) is 9.59 Å². The van der Waals surface area contributed by atoms with E-state index in [0.717, 1.165) is 5.56 Å². The van der Waals surface area contributed by atoms with E-state index in [1.54, 1.807) is 30.5 Å². The summed E-state index contributed by atoms with van der Waals surface area (Å²) in [4.78, 5) is 23.3. The summed E-state index contributed by atoms with van der Waals surface area (Å²) in [5.41, 5.74) is 4.00. The Labute approximate surface area is 129 Å². The second kappa shape index (κ2) is 8.36. The van der Waals surface area contributed by atoms with Gasteiger partial charge in [-0.25, -0.2) is 5.43 Å². The molecule has 0 saturated carbocycles. The largest absolute Gasteiger partial charge is 0.343 e. The maximum atomic E-state index is 11.7. The second-order valence-corrected chi connectivity index (χ2v) is 4.59. The van der Waals surface area contributed by atoms with Gasteiger partial charge in [-0.1, -0.05) is 48.5 Å². The Morgan fingerprint density at radius 1 is 0.955 bits per heavy atom. The fourth-order valence-electron chi connectivity index (χ4n) is 1.77. The maximum Gasteiger partial charge on any atom is 0.259 e. The molecule has 5 nitrogen and oxygen atoms in total. The van der Waals surface area contributed by atoms with Crippen LogP contribution in [0.4, 0.5) is 0 Å². The molecule has 2 N–H and O–H groups in total. The highest BCUT2D eigenvalue weighted by atomic mass is 16.2. The summed E-state index contributed by atoms with van der Waals surface area (Å²) in [5, 5.41) is 6.37. The Hall–Kier alpha value is -2.95. The number of nitrogens with one attached hydrogen (secondary N) is 2. The Kier molecular flexibility index (Phi) is 5.87. The van der Waals surface area contributed by atoms with Crippen LogP contribution in [0.25, 0.3) is 0 Å². The molecule has 0 unspecified atom stereocenters. The zero-order valence-corrected chi connectivity index (χ0v) is 12.0. The van der Waals surface area contributed by atoms with Crippen LogP contribution >= 0.6 is 0 Å². The van der Waals surface area contributed by atoms with Gasteiger partial charge in [-0.15, -0.1) is 0 Å². The molecule has 0 aliphatic heterocycles. The van der Waals surface area contributed by atoms with Crippen molar-refractivity contribution in [3.05, 3.63) is 71.8 Å². The minimum absolute atomic E-state index is 0.115. The summed E-state index contributed by atoms with van der Waals surface area (Å²) in [6, 6.07) is 18.5. The molecule has 112 valence electrons. The van der Waals surface area contributed by atoms with E-state index in [-0.39, 0.29) is 18.4 Å². The third-order valence-corrected chi connectivity index (χ3v) is 2.90. The normalized spacial score (nSPS) is 10.4. The Morgan fingerprint density at radius 3 is 2.27 bits per heavy atom. The lowest BCUT2D eigenvalue weighted by Crippen LogP contribution is -2.34. The van der Waals surface area contributed by atoms with Crippen LogP contribution in [0.5, 0.6) is 0 Å². The van der Waals surface area contributed by atoms with Crippen molar-refractivity contribution in [1.29, 1.82) is 0 Å². The molecule has 0 aliphatic carbocycles. The molecule has 0 aliphatic rings. The molecule has 2 amide bonds. The molecule has 0 fully saturated rings. The quantitative estimate of drug-likeness (QED) is 0.630. The van der Waals surface area contributed by atoms with Crippen LogP contribution in [-0.2, 0) is 11.2 Å². The summed E-state index contributed by atoms with van der Waals surface area (Å²) >= 11 is 0. The smallest absolute Gasteiger partial charge is 0.259 e. The number of hydrazone groups is 1. The van der Waals surface area contributed by atoms with E-state index in [9.17, 15) is 9.59 Å². The van der Waals surface area contributed by atoms with E-state index in [0.29, 0.717) is 12.0 Å². The SMILES string of the molecule is O=C(CNC(=O)c1ccccc1)N/N=C/Cc1ccccc1. The van der Waals surface area contributed by atoms with Gasteiger partial charge in [-0.05, 0) is 17.7 Å². The highest BCUT2D eigenvalue weighted by molar-refractivity contribution is 5.96. The number of rotatable bonds is 6.